The van der Waals surface area contributed by atoms with E-state index in [9.17, 15) is 0 Å². The van der Waals surface area contributed by atoms with E-state index in [-0.39, 0.29) is 0 Å². The van der Waals surface area contributed by atoms with E-state index in [0.717, 1.165) is 44.4 Å². The third kappa shape index (κ3) is 4.32. The molecule has 1 saturated heterocycles. The minimum absolute atomic E-state index is 0.357. The lowest BCUT2D eigenvalue weighted by Gasteiger charge is -2.37. The second kappa shape index (κ2) is 8.94. The van der Waals surface area contributed by atoms with Gasteiger partial charge >= 0.3 is 0 Å². The molecule has 2 aromatic heterocycles. The zero-order valence-corrected chi connectivity index (χ0v) is 17.2. The fourth-order valence-electron chi connectivity index (χ4n) is 4.74. The highest BCUT2D eigenvalue weighted by atomic mass is 15.6. The second-order valence-electron chi connectivity index (χ2n) is 8.65. The topological polar surface area (TPSA) is 77.1 Å². The highest BCUT2D eigenvalue weighted by Crippen LogP contribution is 2.29. The normalized spacial score (nSPS) is 20.6. The van der Waals surface area contributed by atoms with Crippen molar-refractivity contribution in [3.8, 4) is 0 Å². The number of tetrazole rings is 1. The minimum Gasteiger partial charge on any atom is -0.330 e. The zero-order valence-electron chi connectivity index (χ0n) is 17.2. The Kier molecular flexibility index (Phi) is 6.14. The number of aromatic nitrogens is 6. The summed E-state index contributed by atoms with van der Waals surface area (Å²) in [6.07, 6.45) is 11.1. The molecule has 0 unspecified atom stereocenters. The average molecular weight is 386 g/mol. The summed E-state index contributed by atoms with van der Waals surface area (Å²) in [5.74, 6) is 2.55. The maximum absolute atomic E-state index is 4.54. The van der Waals surface area contributed by atoms with Crippen molar-refractivity contribution in [1.29, 1.82) is 0 Å². The first kappa shape index (κ1) is 19.2. The molecular weight excluding hydrogens is 352 g/mol. The first-order chi connectivity index (χ1) is 13.7. The zero-order chi connectivity index (χ0) is 19.3. The Morgan fingerprint density at radius 3 is 2.46 bits per heavy atom. The van der Waals surface area contributed by atoms with Crippen molar-refractivity contribution in [2.45, 2.75) is 64.5 Å². The number of piperazine rings is 1. The van der Waals surface area contributed by atoms with Gasteiger partial charge in [-0.1, -0.05) is 33.1 Å². The molecule has 8 heteroatoms. The molecule has 8 nitrogen and oxygen atoms in total. The number of rotatable bonds is 6. The van der Waals surface area contributed by atoms with Crippen LogP contribution in [0.5, 0.6) is 0 Å². The van der Waals surface area contributed by atoms with E-state index in [4.69, 9.17) is 0 Å². The third-order valence-electron chi connectivity index (χ3n) is 6.19. The lowest BCUT2D eigenvalue weighted by Crippen LogP contribution is -3.15. The van der Waals surface area contributed by atoms with Gasteiger partial charge < -0.3 is 9.80 Å². The molecule has 0 radical (unpaired) electrons. The molecule has 1 saturated carbocycles. The third-order valence-corrected chi connectivity index (χ3v) is 6.19. The van der Waals surface area contributed by atoms with Crippen molar-refractivity contribution in [3.05, 3.63) is 24.3 Å². The van der Waals surface area contributed by atoms with Crippen LogP contribution in [0.25, 0.3) is 0 Å². The molecule has 1 N–H and O–H groups in total. The van der Waals surface area contributed by atoms with Gasteiger partial charge in [0, 0.05) is 18.8 Å². The van der Waals surface area contributed by atoms with E-state index >= 15 is 0 Å². The van der Waals surface area contributed by atoms with Crippen LogP contribution >= 0.6 is 0 Å². The lowest BCUT2D eigenvalue weighted by atomic mass is 9.94. The number of nitrogens with zero attached hydrogens (tertiary/aromatic N) is 7. The molecule has 0 spiro atoms. The van der Waals surface area contributed by atoms with Crippen molar-refractivity contribution < 1.29 is 4.90 Å². The van der Waals surface area contributed by atoms with Gasteiger partial charge in [0.05, 0.1) is 32.2 Å². The van der Waals surface area contributed by atoms with Crippen LogP contribution in [0.3, 0.4) is 0 Å². The molecule has 3 heterocycles. The van der Waals surface area contributed by atoms with Gasteiger partial charge in [0.2, 0.25) is 11.8 Å². The SMILES string of the molecule is CC(C)C[C@@H](c1nnnn1C1CCCCC1)[NH+]1CCN(c2ncccn2)CC1. The van der Waals surface area contributed by atoms with Crippen LogP contribution in [-0.4, -0.2) is 56.4 Å². The van der Waals surface area contributed by atoms with Gasteiger partial charge in [-0.2, -0.15) is 0 Å². The number of nitrogens with one attached hydrogen (secondary N) is 1. The van der Waals surface area contributed by atoms with Crippen molar-refractivity contribution in [2.24, 2.45) is 5.92 Å². The van der Waals surface area contributed by atoms with Crippen molar-refractivity contribution in [3.63, 3.8) is 0 Å². The summed E-state index contributed by atoms with van der Waals surface area (Å²) >= 11 is 0. The van der Waals surface area contributed by atoms with Crippen molar-refractivity contribution in [1.82, 2.24) is 30.2 Å². The fourth-order valence-corrected chi connectivity index (χ4v) is 4.74. The van der Waals surface area contributed by atoms with Gasteiger partial charge in [0.1, 0.15) is 6.04 Å². The quantitative estimate of drug-likeness (QED) is 0.811. The molecular formula is C20H33N8+. The number of anilines is 1. The summed E-state index contributed by atoms with van der Waals surface area (Å²) in [5, 5.41) is 13.1. The summed E-state index contributed by atoms with van der Waals surface area (Å²) in [6, 6.07) is 2.71. The van der Waals surface area contributed by atoms with Gasteiger partial charge in [-0.3, -0.25) is 0 Å². The molecule has 1 aliphatic carbocycles. The minimum atomic E-state index is 0.357. The lowest BCUT2D eigenvalue weighted by molar-refractivity contribution is -0.934. The van der Waals surface area contributed by atoms with Crippen molar-refractivity contribution in [2.75, 3.05) is 31.1 Å². The predicted octanol–water partition coefficient (Wildman–Crippen LogP) is 1.46. The highest BCUT2D eigenvalue weighted by Gasteiger charge is 2.35. The van der Waals surface area contributed by atoms with Gasteiger partial charge in [-0.15, -0.1) is 5.10 Å². The molecule has 152 valence electrons. The Morgan fingerprint density at radius 2 is 1.79 bits per heavy atom. The van der Waals surface area contributed by atoms with E-state index < -0.39 is 0 Å². The molecule has 28 heavy (non-hydrogen) atoms. The van der Waals surface area contributed by atoms with Crippen LogP contribution in [-0.2, 0) is 0 Å². The van der Waals surface area contributed by atoms with Crippen LogP contribution in [0.2, 0.25) is 0 Å². The summed E-state index contributed by atoms with van der Waals surface area (Å²) in [5.41, 5.74) is 0. The molecule has 0 amide bonds. The summed E-state index contributed by atoms with van der Waals surface area (Å²) < 4.78 is 2.17. The van der Waals surface area contributed by atoms with Crippen LogP contribution in [0.1, 0.15) is 70.3 Å². The molecule has 2 fully saturated rings. The standard InChI is InChI=1S/C20H32N8/c1-16(2)15-18(19-23-24-25-28(19)17-7-4-3-5-8-17)26-11-13-27(14-12-26)20-21-9-6-10-22-20/h6,9-10,16-18H,3-5,7-8,11-15H2,1-2H3/p+1/t18-/m0/s1. The second-order valence-corrected chi connectivity index (χ2v) is 8.65. The summed E-state index contributed by atoms with van der Waals surface area (Å²) in [6.45, 7) is 8.67. The Labute approximate surface area is 167 Å². The van der Waals surface area contributed by atoms with Gasteiger partial charge in [0.25, 0.3) is 0 Å². The molecule has 0 aromatic carbocycles. The molecule has 2 aromatic rings. The smallest absolute Gasteiger partial charge is 0.225 e. The van der Waals surface area contributed by atoms with E-state index in [1.54, 1.807) is 4.90 Å². The Balaban J connectivity index is 1.49. The highest BCUT2D eigenvalue weighted by molar-refractivity contribution is 5.28. The van der Waals surface area contributed by atoms with Crippen molar-refractivity contribution >= 4 is 5.95 Å². The fraction of sp³-hybridized carbons (Fsp3) is 0.750. The number of hydrogen-bond donors (Lipinski definition) is 1. The monoisotopic (exact) mass is 385 g/mol. The predicted molar refractivity (Wildman–Crippen MR) is 107 cm³/mol. The maximum atomic E-state index is 4.54. The van der Waals surface area contributed by atoms with Crippen LogP contribution in [0.15, 0.2) is 18.5 Å². The van der Waals surface area contributed by atoms with E-state index in [2.05, 4.69) is 48.9 Å². The number of hydrogen-bond acceptors (Lipinski definition) is 6. The number of quaternary nitrogens is 1. The molecule has 2 aliphatic rings. The molecule has 1 aliphatic heterocycles. The Hall–Kier alpha value is -2.09. The maximum Gasteiger partial charge on any atom is 0.225 e. The largest absolute Gasteiger partial charge is 0.330 e. The summed E-state index contributed by atoms with van der Waals surface area (Å²) in [4.78, 5) is 12.7. The van der Waals surface area contributed by atoms with Gasteiger partial charge in [0.15, 0.2) is 0 Å². The first-order valence-electron chi connectivity index (χ1n) is 10.9. The summed E-state index contributed by atoms with van der Waals surface area (Å²) in [7, 11) is 0. The van der Waals surface area contributed by atoms with E-state index in [0.29, 0.717) is 18.0 Å². The molecule has 0 bridgehead atoms. The van der Waals surface area contributed by atoms with Crippen LogP contribution < -0.4 is 9.80 Å². The van der Waals surface area contributed by atoms with E-state index in [1.165, 1.54) is 32.1 Å². The van der Waals surface area contributed by atoms with E-state index in [1.807, 2.05) is 18.5 Å². The van der Waals surface area contributed by atoms with Gasteiger partial charge in [-0.05, 0) is 35.3 Å². The van der Waals surface area contributed by atoms with Gasteiger partial charge in [-0.25, -0.2) is 14.6 Å². The van der Waals surface area contributed by atoms with Crippen LogP contribution in [0, 0.1) is 5.92 Å². The Bertz CT molecular complexity index is 717. The molecule has 4 rings (SSSR count). The average Bonchev–Trinajstić information content (AvgIpc) is 3.23. The molecule has 1 atom stereocenters. The first-order valence-corrected chi connectivity index (χ1v) is 10.9. The Morgan fingerprint density at radius 1 is 1.07 bits per heavy atom. The van der Waals surface area contributed by atoms with Crippen LogP contribution in [0.4, 0.5) is 5.95 Å².